The fourth-order valence-corrected chi connectivity index (χ4v) is 5.39. The number of hydrogen-bond donors (Lipinski definition) is 1. The minimum Gasteiger partial charge on any atom is -0.375 e. The van der Waals surface area contributed by atoms with Crippen LogP contribution in [0.2, 0.25) is 0 Å². The standard InChI is InChI=1S/C17H30N2O/c1-2-9-17(8-1)13-14(7-12-20-17)19-11-4-6-16(19)15-5-3-10-18-15/h14-16,18H,1-13H2. The van der Waals surface area contributed by atoms with E-state index in [1.54, 1.807) is 0 Å². The molecule has 3 unspecified atom stereocenters. The molecule has 3 saturated heterocycles. The second-order valence-corrected chi connectivity index (χ2v) is 7.54. The highest BCUT2D eigenvalue weighted by Gasteiger charge is 2.44. The van der Waals surface area contributed by atoms with E-state index < -0.39 is 0 Å². The maximum Gasteiger partial charge on any atom is 0.0697 e. The lowest BCUT2D eigenvalue weighted by Gasteiger charge is -2.44. The van der Waals surface area contributed by atoms with E-state index in [9.17, 15) is 0 Å². The Kier molecular flexibility index (Phi) is 3.78. The van der Waals surface area contributed by atoms with Gasteiger partial charge in [-0.25, -0.2) is 0 Å². The van der Waals surface area contributed by atoms with Crippen molar-refractivity contribution in [3.63, 3.8) is 0 Å². The van der Waals surface area contributed by atoms with Crippen molar-refractivity contribution in [3.8, 4) is 0 Å². The Morgan fingerprint density at radius 2 is 1.90 bits per heavy atom. The van der Waals surface area contributed by atoms with Crippen LogP contribution in [0.1, 0.15) is 64.2 Å². The molecule has 0 bridgehead atoms. The number of likely N-dealkylation sites (tertiary alicyclic amines) is 1. The van der Waals surface area contributed by atoms with Gasteiger partial charge >= 0.3 is 0 Å². The van der Waals surface area contributed by atoms with E-state index in [1.165, 1.54) is 77.3 Å². The first-order chi connectivity index (χ1) is 9.86. The molecule has 3 aliphatic heterocycles. The van der Waals surface area contributed by atoms with Gasteiger partial charge in [0, 0.05) is 24.7 Å². The summed E-state index contributed by atoms with van der Waals surface area (Å²) in [4.78, 5) is 2.88. The van der Waals surface area contributed by atoms with Crippen LogP contribution in [-0.2, 0) is 4.74 Å². The Morgan fingerprint density at radius 3 is 2.70 bits per heavy atom. The van der Waals surface area contributed by atoms with Crippen molar-refractivity contribution >= 4 is 0 Å². The Hall–Kier alpha value is -0.120. The minimum absolute atomic E-state index is 0.277. The average molecular weight is 278 g/mol. The summed E-state index contributed by atoms with van der Waals surface area (Å²) in [6.07, 6.45) is 13.6. The van der Waals surface area contributed by atoms with E-state index in [4.69, 9.17) is 4.74 Å². The fraction of sp³-hybridized carbons (Fsp3) is 1.00. The molecule has 0 amide bonds. The fourth-order valence-electron chi connectivity index (χ4n) is 5.39. The van der Waals surface area contributed by atoms with E-state index in [2.05, 4.69) is 10.2 Å². The zero-order valence-corrected chi connectivity index (χ0v) is 12.8. The number of nitrogens with one attached hydrogen (secondary N) is 1. The normalized spacial score (nSPS) is 41.7. The third kappa shape index (κ3) is 2.42. The van der Waals surface area contributed by atoms with Gasteiger partial charge in [-0.05, 0) is 64.5 Å². The van der Waals surface area contributed by atoms with Gasteiger partial charge in [0.05, 0.1) is 5.60 Å². The molecule has 3 nitrogen and oxygen atoms in total. The van der Waals surface area contributed by atoms with Crippen LogP contribution < -0.4 is 5.32 Å². The number of nitrogens with zero attached hydrogens (tertiary/aromatic N) is 1. The molecule has 1 saturated carbocycles. The molecule has 20 heavy (non-hydrogen) atoms. The zero-order valence-electron chi connectivity index (χ0n) is 12.8. The highest BCUT2D eigenvalue weighted by Crippen LogP contribution is 2.42. The van der Waals surface area contributed by atoms with Crippen molar-refractivity contribution in [2.45, 2.75) is 87.9 Å². The molecule has 4 rings (SSSR count). The summed E-state index contributed by atoms with van der Waals surface area (Å²) < 4.78 is 6.23. The molecule has 3 atom stereocenters. The summed E-state index contributed by atoms with van der Waals surface area (Å²) in [6, 6.07) is 2.40. The predicted molar refractivity (Wildman–Crippen MR) is 80.9 cm³/mol. The summed E-state index contributed by atoms with van der Waals surface area (Å²) >= 11 is 0. The van der Waals surface area contributed by atoms with Crippen molar-refractivity contribution in [3.05, 3.63) is 0 Å². The van der Waals surface area contributed by atoms with Crippen LogP contribution in [0.15, 0.2) is 0 Å². The summed E-state index contributed by atoms with van der Waals surface area (Å²) in [5, 5.41) is 3.76. The quantitative estimate of drug-likeness (QED) is 0.840. The maximum absolute atomic E-state index is 6.23. The monoisotopic (exact) mass is 278 g/mol. The van der Waals surface area contributed by atoms with Crippen LogP contribution in [0.5, 0.6) is 0 Å². The second kappa shape index (κ2) is 5.58. The van der Waals surface area contributed by atoms with Gasteiger partial charge in [-0.3, -0.25) is 4.90 Å². The van der Waals surface area contributed by atoms with Crippen molar-refractivity contribution in [1.29, 1.82) is 0 Å². The minimum atomic E-state index is 0.277. The predicted octanol–water partition coefficient (Wildman–Crippen LogP) is 2.69. The molecule has 0 aromatic carbocycles. The molecule has 3 heteroatoms. The highest BCUT2D eigenvalue weighted by atomic mass is 16.5. The molecule has 0 aromatic heterocycles. The van der Waals surface area contributed by atoms with Crippen LogP contribution in [0.25, 0.3) is 0 Å². The Labute approximate surface area is 123 Å². The van der Waals surface area contributed by atoms with Gasteiger partial charge in [-0.1, -0.05) is 12.8 Å². The molecule has 0 radical (unpaired) electrons. The topological polar surface area (TPSA) is 24.5 Å². The molecule has 1 spiro atoms. The van der Waals surface area contributed by atoms with Crippen LogP contribution in [0.4, 0.5) is 0 Å². The number of ether oxygens (including phenoxy) is 1. The first kappa shape index (κ1) is 13.5. The highest BCUT2D eigenvalue weighted by molar-refractivity contribution is 4.99. The van der Waals surface area contributed by atoms with Gasteiger partial charge in [0.15, 0.2) is 0 Å². The largest absolute Gasteiger partial charge is 0.375 e. The molecule has 4 fully saturated rings. The molecular formula is C17H30N2O. The van der Waals surface area contributed by atoms with Gasteiger partial charge in [0.1, 0.15) is 0 Å². The van der Waals surface area contributed by atoms with Gasteiger partial charge in [0.2, 0.25) is 0 Å². The average Bonchev–Trinajstić information content (AvgIpc) is 3.20. The van der Waals surface area contributed by atoms with Crippen LogP contribution in [-0.4, -0.2) is 48.3 Å². The molecule has 0 aromatic rings. The lowest BCUT2D eigenvalue weighted by molar-refractivity contribution is -0.104. The second-order valence-electron chi connectivity index (χ2n) is 7.54. The van der Waals surface area contributed by atoms with Crippen molar-refractivity contribution in [2.24, 2.45) is 0 Å². The molecule has 3 heterocycles. The maximum atomic E-state index is 6.23. The Balaban J connectivity index is 1.45. The van der Waals surface area contributed by atoms with E-state index in [0.717, 1.165) is 24.7 Å². The van der Waals surface area contributed by atoms with Gasteiger partial charge in [0.25, 0.3) is 0 Å². The van der Waals surface area contributed by atoms with Crippen molar-refractivity contribution in [2.75, 3.05) is 19.7 Å². The van der Waals surface area contributed by atoms with Gasteiger partial charge in [-0.2, -0.15) is 0 Å². The number of hydrogen-bond acceptors (Lipinski definition) is 3. The lowest BCUT2D eigenvalue weighted by atomic mass is 9.87. The summed E-state index contributed by atoms with van der Waals surface area (Å²) in [7, 11) is 0. The van der Waals surface area contributed by atoms with Crippen molar-refractivity contribution in [1.82, 2.24) is 10.2 Å². The van der Waals surface area contributed by atoms with Crippen LogP contribution in [0, 0.1) is 0 Å². The van der Waals surface area contributed by atoms with E-state index >= 15 is 0 Å². The third-order valence-corrected chi connectivity index (χ3v) is 6.36. The lowest BCUT2D eigenvalue weighted by Crippen LogP contribution is -2.53. The summed E-state index contributed by atoms with van der Waals surface area (Å²) in [6.45, 7) is 3.59. The SMILES string of the molecule is C1CNC(C2CCCN2C2CCOC3(CCCC3)C2)C1. The first-order valence-corrected chi connectivity index (χ1v) is 8.99. The van der Waals surface area contributed by atoms with E-state index in [1.807, 2.05) is 0 Å². The Bertz CT molecular complexity index is 334. The smallest absolute Gasteiger partial charge is 0.0697 e. The van der Waals surface area contributed by atoms with Crippen molar-refractivity contribution < 1.29 is 4.74 Å². The van der Waals surface area contributed by atoms with Gasteiger partial charge in [-0.15, -0.1) is 0 Å². The van der Waals surface area contributed by atoms with E-state index in [-0.39, 0.29) is 5.60 Å². The van der Waals surface area contributed by atoms with Crippen LogP contribution >= 0.6 is 0 Å². The first-order valence-electron chi connectivity index (χ1n) is 8.99. The third-order valence-electron chi connectivity index (χ3n) is 6.36. The summed E-state index contributed by atoms with van der Waals surface area (Å²) in [5.41, 5.74) is 0.277. The molecular weight excluding hydrogens is 248 g/mol. The molecule has 1 aliphatic carbocycles. The summed E-state index contributed by atoms with van der Waals surface area (Å²) in [5.74, 6) is 0. The molecule has 114 valence electrons. The zero-order chi connectivity index (χ0) is 13.4. The van der Waals surface area contributed by atoms with E-state index in [0.29, 0.717) is 0 Å². The van der Waals surface area contributed by atoms with Crippen LogP contribution in [0.3, 0.4) is 0 Å². The Morgan fingerprint density at radius 1 is 1.00 bits per heavy atom. The number of rotatable bonds is 2. The van der Waals surface area contributed by atoms with Gasteiger partial charge < -0.3 is 10.1 Å². The molecule has 1 N–H and O–H groups in total. The molecule has 4 aliphatic rings.